The molecule has 2 amide bonds. The average molecular weight is 283 g/mol. The lowest BCUT2D eigenvalue weighted by Crippen LogP contribution is -2.35. The summed E-state index contributed by atoms with van der Waals surface area (Å²) in [5.41, 5.74) is 0.554. The van der Waals surface area contributed by atoms with Crippen LogP contribution in [0.15, 0.2) is 24.3 Å². The molecule has 1 rings (SSSR count). The van der Waals surface area contributed by atoms with Crippen molar-refractivity contribution in [1.82, 2.24) is 10.6 Å². The van der Waals surface area contributed by atoms with Crippen molar-refractivity contribution >= 4 is 23.4 Å². The molecule has 0 saturated carbocycles. The maximum atomic E-state index is 11.7. The van der Waals surface area contributed by atoms with Gasteiger partial charge in [0.05, 0.1) is 0 Å². The zero-order chi connectivity index (χ0) is 14.3. The van der Waals surface area contributed by atoms with Gasteiger partial charge in [0, 0.05) is 30.1 Å². The van der Waals surface area contributed by atoms with Gasteiger partial charge in [-0.1, -0.05) is 25.4 Å². The quantitative estimate of drug-likeness (QED) is 0.786. The van der Waals surface area contributed by atoms with Gasteiger partial charge in [0.2, 0.25) is 5.91 Å². The summed E-state index contributed by atoms with van der Waals surface area (Å²) in [4.78, 5) is 23.1. The molecular weight excluding hydrogens is 264 g/mol. The molecule has 19 heavy (non-hydrogen) atoms. The predicted molar refractivity (Wildman–Crippen MR) is 76.2 cm³/mol. The molecule has 0 aliphatic heterocycles. The molecule has 0 unspecified atom stereocenters. The number of hydrogen-bond acceptors (Lipinski definition) is 2. The Hall–Kier alpha value is -1.55. The Bertz CT molecular complexity index is 430. The Balaban J connectivity index is 2.24. The van der Waals surface area contributed by atoms with Crippen molar-refractivity contribution in [1.29, 1.82) is 0 Å². The lowest BCUT2D eigenvalue weighted by atomic mass is 10.1. The largest absolute Gasteiger partial charge is 0.354 e. The number of halogens is 1. The molecule has 0 spiro atoms. The Morgan fingerprint density at radius 1 is 1.11 bits per heavy atom. The van der Waals surface area contributed by atoms with Crippen LogP contribution in [0.4, 0.5) is 0 Å². The molecule has 5 heteroatoms. The van der Waals surface area contributed by atoms with Crippen molar-refractivity contribution in [3.05, 3.63) is 34.9 Å². The van der Waals surface area contributed by atoms with E-state index in [4.69, 9.17) is 11.6 Å². The first kappa shape index (κ1) is 15.5. The van der Waals surface area contributed by atoms with Crippen LogP contribution in [0.3, 0.4) is 0 Å². The lowest BCUT2D eigenvalue weighted by Gasteiger charge is -2.08. The van der Waals surface area contributed by atoms with Crippen LogP contribution in [0.25, 0.3) is 0 Å². The number of amides is 2. The number of rotatable bonds is 6. The average Bonchev–Trinajstić information content (AvgIpc) is 2.34. The van der Waals surface area contributed by atoms with E-state index in [-0.39, 0.29) is 11.8 Å². The van der Waals surface area contributed by atoms with Crippen molar-refractivity contribution in [2.75, 3.05) is 13.1 Å². The molecule has 4 nitrogen and oxygen atoms in total. The highest BCUT2D eigenvalue weighted by Crippen LogP contribution is 2.09. The zero-order valence-electron chi connectivity index (χ0n) is 11.2. The third-order valence-electron chi connectivity index (χ3n) is 2.43. The van der Waals surface area contributed by atoms with E-state index in [1.165, 1.54) is 0 Å². The molecule has 0 radical (unpaired) electrons. The van der Waals surface area contributed by atoms with Gasteiger partial charge in [0.25, 0.3) is 5.91 Å². The monoisotopic (exact) mass is 282 g/mol. The van der Waals surface area contributed by atoms with Crippen LogP contribution in [0.1, 0.15) is 30.6 Å². The second-order valence-corrected chi connectivity index (χ2v) is 5.15. The minimum atomic E-state index is -0.172. The fraction of sp³-hybridized carbons (Fsp3) is 0.429. The van der Waals surface area contributed by atoms with Crippen molar-refractivity contribution in [2.45, 2.75) is 20.3 Å². The standard InChI is InChI=1S/C14H19ClN2O2/c1-10(2)9-13(18)16-7-8-17-14(19)11-3-5-12(15)6-4-11/h3-6,10H,7-9H2,1-2H3,(H,16,18)(H,17,19). The highest BCUT2D eigenvalue weighted by atomic mass is 35.5. The van der Waals surface area contributed by atoms with Gasteiger partial charge in [-0.15, -0.1) is 0 Å². The third-order valence-corrected chi connectivity index (χ3v) is 2.68. The van der Waals surface area contributed by atoms with E-state index in [1.54, 1.807) is 24.3 Å². The molecule has 1 aromatic rings. The Morgan fingerprint density at radius 2 is 1.68 bits per heavy atom. The minimum Gasteiger partial charge on any atom is -0.354 e. The number of hydrogen-bond donors (Lipinski definition) is 2. The summed E-state index contributed by atoms with van der Waals surface area (Å²) in [6.45, 7) is 4.82. The summed E-state index contributed by atoms with van der Waals surface area (Å²) in [6.07, 6.45) is 0.505. The van der Waals surface area contributed by atoms with Crippen LogP contribution in [0.2, 0.25) is 5.02 Å². The molecular formula is C14H19ClN2O2. The van der Waals surface area contributed by atoms with Crippen LogP contribution >= 0.6 is 11.6 Å². The summed E-state index contributed by atoms with van der Waals surface area (Å²) in [5, 5.41) is 6.08. The maximum Gasteiger partial charge on any atom is 0.251 e. The molecule has 0 heterocycles. The molecule has 0 atom stereocenters. The van der Waals surface area contributed by atoms with Gasteiger partial charge in [0.15, 0.2) is 0 Å². The van der Waals surface area contributed by atoms with E-state index >= 15 is 0 Å². The third kappa shape index (κ3) is 6.25. The first-order valence-corrected chi connectivity index (χ1v) is 6.67. The van der Waals surface area contributed by atoms with Gasteiger partial charge in [0.1, 0.15) is 0 Å². The van der Waals surface area contributed by atoms with Crippen molar-refractivity contribution in [2.24, 2.45) is 5.92 Å². The van der Waals surface area contributed by atoms with Gasteiger partial charge < -0.3 is 10.6 Å². The molecule has 0 saturated heterocycles. The van der Waals surface area contributed by atoms with E-state index < -0.39 is 0 Å². The molecule has 0 aromatic heterocycles. The summed E-state index contributed by atoms with van der Waals surface area (Å²) in [6, 6.07) is 6.66. The summed E-state index contributed by atoms with van der Waals surface area (Å²) in [7, 11) is 0. The SMILES string of the molecule is CC(C)CC(=O)NCCNC(=O)c1ccc(Cl)cc1. The second-order valence-electron chi connectivity index (χ2n) is 4.71. The first-order valence-electron chi connectivity index (χ1n) is 6.29. The van der Waals surface area contributed by atoms with E-state index in [9.17, 15) is 9.59 Å². The topological polar surface area (TPSA) is 58.2 Å². The number of carbonyl (C=O) groups excluding carboxylic acids is 2. The zero-order valence-corrected chi connectivity index (χ0v) is 12.0. The lowest BCUT2D eigenvalue weighted by molar-refractivity contribution is -0.121. The van der Waals surface area contributed by atoms with Crippen LogP contribution in [0, 0.1) is 5.92 Å². The molecule has 2 N–H and O–H groups in total. The molecule has 104 valence electrons. The Labute approximate surface area is 118 Å². The van der Waals surface area contributed by atoms with Gasteiger partial charge in [-0.05, 0) is 30.2 Å². The second kappa shape index (κ2) is 7.79. The normalized spacial score (nSPS) is 10.3. The summed E-state index contributed by atoms with van der Waals surface area (Å²) >= 11 is 5.74. The van der Waals surface area contributed by atoms with Gasteiger partial charge >= 0.3 is 0 Å². The van der Waals surface area contributed by atoms with Gasteiger partial charge in [-0.3, -0.25) is 9.59 Å². The van der Waals surface area contributed by atoms with Crippen molar-refractivity contribution in [3.63, 3.8) is 0 Å². The molecule has 0 aliphatic carbocycles. The van der Waals surface area contributed by atoms with E-state index in [1.807, 2.05) is 13.8 Å². The molecule has 0 fully saturated rings. The molecule has 0 bridgehead atoms. The predicted octanol–water partition coefficient (Wildman–Crippen LogP) is 2.23. The minimum absolute atomic E-state index is 0.00995. The summed E-state index contributed by atoms with van der Waals surface area (Å²) in [5.74, 6) is 0.175. The van der Waals surface area contributed by atoms with E-state index in [0.29, 0.717) is 36.0 Å². The van der Waals surface area contributed by atoms with E-state index in [0.717, 1.165) is 0 Å². The first-order chi connectivity index (χ1) is 8.99. The van der Waals surface area contributed by atoms with Crippen molar-refractivity contribution < 1.29 is 9.59 Å². The Morgan fingerprint density at radius 3 is 2.26 bits per heavy atom. The van der Waals surface area contributed by atoms with Crippen LogP contribution in [-0.2, 0) is 4.79 Å². The fourth-order valence-electron chi connectivity index (χ4n) is 1.52. The maximum absolute atomic E-state index is 11.7. The van der Waals surface area contributed by atoms with E-state index in [2.05, 4.69) is 10.6 Å². The Kier molecular flexibility index (Phi) is 6.36. The highest BCUT2D eigenvalue weighted by molar-refractivity contribution is 6.30. The smallest absolute Gasteiger partial charge is 0.251 e. The van der Waals surface area contributed by atoms with Crippen LogP contribution in [-0.4, -0.2) is 24.9 Å². The molecule has 1 aromatic carbocycles. The molecule has 0 aliphatic rings. The van der Waals surface area contributed by atoms with Crippen LogP contribution < -0.4 is 10.6 Å². The summed E-state index contributed by atoms with van der Waals surface area (Å²) < 4.78 is 0. The fourth-order valence-corrected chi connectivity index (χ4v) is 1.65. The highest BCUT2D eigenvalue weighted by Gasteiger charge is 2.06. The van der Waals surface area contributed by atoms with Crippen LogP contribution in [0.5, 0.6) is 0 Å². The number of carbonyl (C=O) groups is 2. The number of benzene rings is 1. The number of nitrogens with one attached hydrogen (secondary N) is 2. The van der Waals surface area contributed by atoms with Crippen molar-refractivity contribution in [3.8, 4) is 0 Å². The van der Waals surface area contributed by atoms with Gasteiger partial charge in [-0.25, -0.2) is 0 Å². The van der Waals surface area contributed by atoms with Gasteiger partial charge in [-0.2, -0.15) is 0 Å².